The summed E-state index contributed by atoms with van der Waals surface area (Å²) in [4.78, 5) is 26.3. The Morgan fingerprint density at radius 3 is 2.27 bits per heavy atom. The lowest BCUT2D eigenvalue weighted by molar-refractivity contribution is 0.0697. The van der Waals surface area contributed by atoms with Gasteiger partial charge >= 0.3 is 5.97 Å². The average molecular weight is 472 g/mol. The van der Waals surface area contributed by atoms with Crippen LogP contribution in [-0.2, 0) is 0 Å². The Balaban J connectivity index is 2.03. The van der Waals surface area contributed by atoms with Crippen molar-refractivity contribution in [2.45, 2.75) is 19.9 Å². The predicted octanol–water partition coefficient (Wildman–Crippen LogP) is 6.13. The number of carbonyl (C=O) groups excluding carboxylic acids is 1. The summed E-state index contributed by atoms with van der Waals surface area (Å²) in [7, 11) is 0. The molecule has 1 N–H and O–H groups in total. The molecule has 0 aromatic heterocycles. The van der Waals surface area contributed by atoms with Gasteiger partial charge in [-0.2, -0.15) is 0 Å². The highest BCUT2D eigenvalue weighted by molar-refractivity contribution is 9.10. The van der Waals surface area contributed by atoms with Gasteiger partial charge in [0.05, 0.1) is 16.8 Å². The first-order chi connectivity index (χ1) is 14.3. The summed E-state index contributed by atoms with van der Waals surface area (Å²) in [6.07, 6.45) is 0. The summed E-state index contributed by atoms with van der Waals surface area (Å²) in [6.45, 7) is 3.46. The molecule has 3 aromatic rings. The van der Waals surface area contributed by atoms with Crippen molar-refractivity contribution in [3.05, 3.63) is 88.1 Å². The number of hydrogen-bond acceptors (Lipinski definition) is 3. The standard InChI is InChI=1S/C23H19BrFNO4/c1-14(2)26(22(27)18-10-8-15(24)12-20(18)25)21-11-9-17(13-19(21)23(28)29)30-16-6-4-3-5-7-16/h3-14H,1-2H3,(H,28,29). The van der Waals surface area contributed by atoms with Crippen molar-refractivity contribution in [1.82, 2.24) is 0 Å². The monoisotopic (exact) mass is 471 g/mol. The van der Waals surface area contributed by atoms with Gasteiger partial charge in [-0.15, -0.1) is 0 Å². The van der Waals surface area contributed by atoms with Crippen molar-refractivity contribution in [3.8, 4) is 11.5 Å². The number of carboxylic acid groups (broad SMARTS) is 1. The lowest BCUT2D eigenvalue weighted by atomic mass is 10.1. The van der Waals surface area contributed by atoms with Gasteiger partial charge in [0, 0.05) is 10.5 Å². The van der Waals surface area contributed by atoms with E-state index in [0.717, 1.165) is 0 Å². The Hall–Kier alpha value is -3.19. The molecule has 0 radical (unpaired) electrons. The molecule has 0 heterocycles. The summed E-state index contributed by atoms with van der Waals surface area (Å²) in [5.74, 6) is -1.68. The molecule has 7 heteroatoms. The summed E-state index contributed by atoms with van der Waals surface area (Å²) in [5.41, 5.74) is -0.110. The Morgan fingerprint density at radius 1 is 0.967 bits per heavy atom. The Labute approximate surface area is 181 Å². The van der Waals surface area contributed by atoms with Gasteiger partial charge in [0.15, 0.2) is 0 Å². The Morgan fingerprint density at radius 2 is 1.67 bits per heavy atom. The van der Waals surface area contributed by atoms with Crippen LogP contribution >= 0.6 is 15.9 Å². The average Bonchev–Trinajstić information content (AvgIpc) is 2.69. The lowest BCUT2D eigenvalue weighted by Crippen LogP contribution is -2.38. The van der Waals surface area contributed by atoms with Gasteiger partial charge in [-0.1, -0.05) is 34.1 Å². The van der Waals surface area contributed by atoms with Crippen molar-refractivity contribution in [3.63, 3.8) is 0 Å². The molecule has 30 heavy (non-hydrogen) atoms. The molecule has 0 saturated heterocycles. The molecule has 0 aliphatic rings. The van der Waals surface area contributed by atoms with E-state index in [-0.39, 0.29) is 16.8 Å². The number of anilines is 1. The maximum Gasteiger partial charge on any atom is 0.337 e. The second-order valence-corrected chi connectivity index (χ2v) is 7.71. The van der Waals surface area contributed by atoms with Crippen molar-refractivity contribution in [1.29, 1.82) is 0 Å². The van der Waals surface area contributed by atoms with Crippen LogP contribution in [0.2, 0.25) is 0 Å². The minimum atomic E-state index is -1.22. The number of nitrogens with zero attached hydrogens (tertiary/aromatic N) is 1. The maximum atomic E-state index is 14.4. The molecule has 0 bridgehead atoms. The number of para-hydroxylation sites is 1. The predicted molar refractivity (Wildman–Crippen MR) is 116 cm³/mol. The van der Waals surface area contributed by atoms with Crippen LogP contribution in [0.15, 0.2) is 71.2 Å². The van der Waals surface area contributed by atoms with Crippen molar-refractivity contribution >= 4 is 33.5 Å². The molecular weight excluding hydrogens is 453 g/mol. The number of benzene rings is 3. The molecule has 0 unspecified atom stereocenters. The van der Waals surface area contributed by atoms with Gasteiger partial charge in [0.1, 0.15) is 17.3 Å². The van der Waals surface area contributed by atoms with Gasteiger partial charge in [-0.3, -0.25) is 4.79 Å². The molecule has 3 aromatic carbocycles. The molecular formula is C23H19BrFNO4. The number of amides is 1. The maximum absolute atomic E-state index is 14.4. The molecule has 0 fully saturated rings. The molecule has 154 valence electrons. The van der Waals surface area contributed by atoms with Crippen molar-refractivity contribution in [2.24, 2.45) is 0 Å². The SMILES string of the molecule is CC(C)N(C(=O)c1ccc(Br)cc1F)c1ccc(Oc2ccccc2)cc1C(=O)O. The first kappa shape index (κ1) is 21.5. The van der Waals surface area contributed by atoms with E-state index in [9.17, 15) is 19.1 Å². The van der Waals surface area contributed by atoms with Gasteiger partial charge < -0.3 is 14.7 Å². The van der Waals surface area contributed by atoms with Crippen LogP contribution in [0.5, 0.6) is 11.5 Å². The fourth-order valence-corrected chi connectivity index (χ4v) is 3.33. The molecule has 3 rings (SSSR count). The van der Waals surface area contributed by atoms with E-state index >= 15 is 0 Å². The molecule has 1 amide bonds. The van der Waals surface area contributed by atoms with Crippen LogP contribution in [0.25, 0.3) is 0 Å². The summed E-state index contributed by atoms with van der Waals surface area (Å²) < 4.78 is 20.6. The third-order valence-electron chi connectivity index (χ3n) is 4.33. The molecule has 0 spiro atoms. The molecule has 0 aliphatic carbocycles. The van der Waals surface area contributed by atoms with Gasteiger partial charge in [-0.05, 0) is 62.4 Å². The van der Waals surface area contributed by atoms with E-state index in [1.807, 2.05) is 6.07 Å². The molecule has 5 nitrogen and oxygen atoms in total. The Bertz CT molecular complexity index is 1090. The van der Waals surface area contributed by atoms with Crippen LogP contribution in [-0.4, -0.2) is 23.0 Å². The highest BCUT2D eigenvalue weighted by atomic mass is 79.9. The van der Waals surface area contributed by atoms with Crippen molar-refractivity contribution < 1.29 is 23.8 Å². The largest absolute Gasteiger partial charge is 0.478 e. The van der Waals surface area contributed by atoms with E-state index in [1.165, 1.54) is 29.2 Å². The molecule has 0 atom stereocenters. The summed E-state index contributed by atoms with van der Waals surface area (Å²) >= 11 is 3.17. The number of aromatic carboxylic acids is 1. The molecule has 0 aliphatic heterocycles. The minimum absolute atomic E-state index is 0.122. The fourth-order valence-electron chi connectivity index (χ4n) is 3.00. The normalized spacial score (nSPS) is 10.7. The number of rotatable bonds is 6. The van der Waals surface area contributed by atoms with Crippen molar-refractivity contribution in [2.75, 3.05) is 4.90 Å². The minimum Gasteiger partial charge on any atom is -0.478 e. The number of carboxylic acids is 1. The third kappa shape index (κ3) is 4.68. The van der Waals surface area contributed by atoms with Gasteiger partial charge in [-0.25, -0.2) is 9.18 Å². The fraction of sp³-hybridized carbons (Fsp3) is 0.130. The highest BCUT2D eigenvalue weighted by Gasteiger charge is 2.27. The summed E-state index contributed by atoms with van der Waals surface area (Å²) in [6, 6.07) is 17.1. The lowest BCUT2D eigenvalue weighted by Gasteiger charge is -2.28. The van der Waals surface area contributed by atoms with E-state index in [4.69, 9.17) is 4.74 Å². The first-order valence-electron chi connectivity index (χ1n) is 9.16. The second-order valence-electron chi connectivity index (χ2n) is 6.79. The molecule has 0 saturated carbocycles. The number of carbonyl (C=O) groups is 2. The zero-order chi connectivity index (χ0) is 21.8. The number of halogens is 2. The van der Waals surface area contributed by atoms with Crippen LogP contribution in [0, 0.1) is 5.82 Å². The quantitative estimate of drug-likeness (QED) is 0.469. The van der Waals surface area contributed by atoms with Gasteiger partial charge in [0.25, 0.3) is 5.91 Å². The van der Waals surface area contributed by atoms with Crippen LogP contribution in [0.4, 0.5) is 10.1 Å². The van der Waals surface area contributed by atoms with E-state index in [0.29, 0.717) is 16.0 Å². The zero-order valence-corrected chi connectivity index (χ0v) is 17.9. The smallest absolute Gasteiger partial charge is 0.337 e. The van der Waals surface area contributed by atoms with Crippen LogP contribution in [0.1, 0.15) is 34.6 Å². The second kappa shape index (κ2) is 9.09. The van der Waals surface area contributed by atoms with E-state index in [1.54, 1.807) is 50.2 Å². The summed E-state index contributed by atoms with van der Waals surface area (Å²) in [5, 5.41) is 9.76. The Kier molecular flexibility index (Phi) is 6.52. The third-order valence-corrected chi connectivity index (χ3v) is 4.83. The van der Waals surface area contributed by atoms with E-state index < -0.39 is 23.7 Å². The first-order valence-corrected chi connectivity index (χ1v) is 9.96. The topological polar surface area (TPSA) is 66.8 Å². The van der Waals surface area contributed by atoms with Gasteiger partial charge in [0.2, 0.25) is 0 Å². The zero-order valence-electron chi connectivity index (χ0n) is 16.3. The number of hydrogen-bond donors (Lipinski definition) is 1. The number of ether oxygens (including phenoxy) is 1. The van der Waals surface area contributed by atoms with Crippen LogP contribution in [0.3, 0.4) is 0 Å². The highest BCUT2D eigenvalue weighted by Crippen LogP contribution is 2.31. The van der Waals surface area contributed by atoms with Crippen LogP contribution < -0.4 is 9.64 Å². The van der Waals surface area contributed by atoms with E-state index in [2.05, 4.69) is 15.9 Å².